The van der Waals surface area contributed by atoms with Crippen LogP contribution in [0.2, 0.25) is 0 Å². The number of fused-ring (bicyclic) bond motifs is 1. The Morgan fingerprint density at radius 2 is 2.00 bits per heavy atom. The molecule has 3 unspecified atom stereocenters. The van der Waals surface area contributed by atoms with Crippen molar-refractivity contribution < 1.29 is 0 Å². The highest BCUT2D eigenvalue weighted by Crippen LogP contribution is 2.37. The van der Waals surface area contributed by atoms with Crippen LogP contribution >= 0.6 is 0 Å². The van der Waals surface area contributed by atoms with Crippen molar-refractivity contribution in [1.82, 2.24) is 5.43 Å². The van der Waals surface area contributed by atoms with Crippen LogP contribution in [0.5, 0.6) is 0 Å². The highest BCUT2D eigenvalue weighted by Gasteiger charge is 2.27. The summed E-state index contributed by atoms with van der Waals surface area (Å²) >= 11 is 0. The highest BCUT2D eigenvalue weighted by molar-refractivity contribution is 5.36. The summed E-state index contributed by atoms with van der Waals surface area (Å²) in [6, 6.07) is 7.38. The average molecular weight is 258 g/mol. The van der Waals surface area contributed by atoms with Crippen LogP contribution in [0.25, 0.3) is 0 Å². The zero-order valence-corrected chi connectivity index (χ0v) is 12.0. The summed E-state index contributed by atoms with van der Waals surface area (Å²) in [6.07, 6.45) is 9.20. The van der Waals surface area contributed by atoms with Crippen LogP contribution in [0.4, 0.5) is 0 Å². The van der Waals surface area contributed by atoms with Gasteiger partial charge < -0.3 is 0 Å². The summed E-state index contributed by atoms with van der Waals surface area (Å²) < 4.78 is 0. The molecule has 3 atom stereocenters. The molecule has 2 aliphatic rings. The summed E-state index contributed by atoms with van der Waals surface area (Å²) in [5.41, 5.74) is 7.61. The van der Waals surface area contributed by atoms with Crippen LogP contribution in [0.3, 0.4) is 0 Å². The van der Waals surface area contributed by atoms with E-state index in [9.17, 15) is 0 Å². The maximum atomic E-state index is 5.88. The zero-order valence-electron chi connectivity index (χ0n) is 12.0. The normalized spacial score (nSPS) is 28.1. The van der Waals surface area contributed by atoms with E-state index in [2.05, 4.69) is 30.5 Å². The molecule has 3 N–H and O–H groups in total. The van der Waals surface area contributed by atoms with Gasteiger partial charge in [-0.05, 0) is 60.6 Å². The molecule has 3 rings (SSSR count). The maximum Gasteiger partial charge on any atom is 0.0488 e. The van der Waals surface area contributed by atoms with E-state index in [1.165, 1.54) is 50.5 Å². The number of nitrogens with two attached hydrogens (primary N) is 1. The maximum absolute atomic E-state index is 5.88. The minimum atomic E-state index is 0.341. The summed E-state index contributed by atoms with van der Waals surface area (Å²) in [5.74, 6) is 7.43. The fraction of sp³-hybridized carbons (Fsp3) is 0.647. The molecule has 0 bridgehead atoms. The van der Waals surface area contributed by atoms with E-state index in [0.29, 0.717) is 12.0 Å². The smallest absolute Gasteiger partial charge is 0.0488 e. The lowest BCUT2D eigenvalue weighted by Gasteiger charge is -2.33. The van der Waals surface area contributed by atoms with E-state index in [1.54, 1.807) is 11.1 Å². The van der Waals surface area contributed by atoms with E-state index >= 15 is 0 Å². The van der Waals surface area contributed by atoms with Gasteiger partial charge >= 0.3 is 0 Å². The van der Waals surface area contributed by atoms with Crippen LogP contribution in [-0.2, 0) is 12.8 Å². The van der Waals surface area contributed by atoms with Crippen LogP contribution in [0.15, 0.2) is 18.2 Å². The van der Waals surface area contributed by atoms with Gasteiger partial charge in [0.25, 0.3) is 0 Å². The van der Waals surface area contributed by atoms with Gasteiger partial charge in [0, 0.05) is 6.04 Å². The molecule has 19 heavy (non-hydrogen) atoms. The lowest BCUT2D eigenvalue weighted by molar-refractivity contribution is 0.224. The lowest BCUT2D eigenvalue weighted by atomic mass is 9.76. The molecule has 2 aliphatic carbocycles. The Balaban J connectivity index is 1.81. The molecule has 104 valence electrons. The molecule has 0 aromatic heterocycles. The molecule has 2 nitrogen and oxygen atoms in total. The predicted molar refractivity (Wildman–Crippen MR) is 79.7 cm³/mol. The molecule has 1 aromatic rings. The van der Waals surface area contributed by atoms with Gasteiger partial charge in [0.1, 0.15) is 0 Å². The first-order valence-corrected chi connectivity index (χ1v) is 7.85. The molecule has 1 fully saturated rings. The Morgan fingerprint density at radius 1 is 1.16 bits per heavy atom. The van der Waals surface area contributed by atoms with Crippen molar-refractivity contribution in [3.8, 4) is 0 Å². The Labute approximate surface area is 116 Å². The van der Waals surface area contributed by atoms with Gasteiger partial charge in [0.05, 0.1) is 0 Å². The van der Waals surface area contributed by atoms with E-state index in [4.69, 9.17) is 5.84 Å². The third-order valence-corrected chi connectivity index (χ3v) is 5.11. The van der Waals surface area contributed by atoms with E-state index in [0.717, 1.165) is 5.92 Å². The number of hydrazine groups is 1. The highest BCUT2D eigenvalue weighted by atomic mass is 15.2. The van der Waals surface area contributed by atoms with Crippen molar-refractivity contribution in [3.05, 3.63) is 34.9 Å². The fourth-order valence-corrected chi connectivity index (χ4v) is 4.07. The first kappa shape index (κ1) is 13.1. The topological polar surface area (TPSA) is 38.0 Å². The van der Waals surface area contributed by atoms with Crippen molar-refractivity contribution in [2.24, 2.45) is 17.7 Å². The second kappa shape index (κ2) is 5.64. The van der Waals surface area contributed by atoms with Gasteiger partial charge in [-0.2, -0.15) is 0 Å². The second-order valence-corrected chi connectivity index (χ2v) is 6.56. The Bertz CT molecular complexity index is 441. The third-order valence-electron chi connectivity index (χ3n) is 5.11. The van der Waals surface area contributed by atoms with Crippen LogP contribution in [-0.4, -0.2) is 0 Å². The first-order chi connectivity index (χ1) is 9.28. The summed E-state index contributed by atoms with van der Waals surface area (Å²) in [4.78, 5) is 0. The predicted octanol–water partition coefficient (Wildman–Crippen LogP) is 3.51. The number of hydrogen-bond acceptors (Lipinski definition) is 2. The molecule has 0 aliphatic heterocycles. The number of hydrogen-bond donors (Lipinski definition) is 2. The molecule has 0 radical (unpaired) electrons. The Morgan fingerprint density at radius 3 is 2.79 bits per heavy atom. The molecule has 0 spiro atoms. The van der Waals surface area contributed by atoms with E-state index in [1.807, 2.05) is 0 Å². The van der Waals surface area contributed by atoms with Crippen molar-refractivity contribution >= 4 is 0 Å². The van der Waals surface area contributed by atoms with Crippen LogP contribution in [0.1, 0.15) is 61.8 Å². The number of rotatable bonds is 3. The van der Waals surface area contributed by atoms with E-state index in [-0.39, 0.29) is 0 Å². The van der Waals surface area contributed by atoms with Crippen molar-refractivity contribution in [1.29, 1.82) is 0 Å². The largest absolute Gasteiger partial charge is 0.271 e. The van der Waals surface area contributed by atoms with Gasteiger partial charge in [-0.3, -0.25) is 11.3 Å². The minimum Gasteiger partial charge on any atom is -0.271 e. The zero-order chi connectivity index (χ0) is 13.2. The molecule has 2 heteroatoms. The van der Waals surface area contributed by atoms with Gasteiger partial charge in [-0.25, -0.2) is 0 Å². The fourth-order valence-electron chi connectivity index (χ4n) is 4.07. The number of nitrogens with one attached hydrogen (secondary N) is 1. The van der Waals surface area contributed by atoms with Gasteiger partial charge in [0.2, 0.25) is 0 Å². The summed E-state index contributed by atoms with van der Waals surface area (Å²) in [6.45, 7) is 2.38. The van der Waals surface area contributed by atoms with E-state index < -0.39 is 0 Å². The second-order valence-electron chi connectivity index (χ2n) is 6.56. The molecule has 0 saturated heterocycles. The van der Waals surface area contributed by atoms with Gasteiger partial charge in [0.15, 0.2) is 0 Å². The molecular formula is C17H26N2. The third kappa shape index (κ3) is 2.70. The summed E-state index contributed by atoms with van der Waals surface area (Å²) in [5, 5.41) is 0. The molecular weight excluding hydrogens is 232 g/mol. The monoisotopic (exact) mass is 258 g/mol. The Hall–Kier alpha value is -0.860. The molecule has 1 aromatic carbocycles. The quantitative estimate of drug-likeness (QED) is 0.643. The molecule has 1 saturated carbocycles. The van der Waals surface area contributed by atoms with Gasteiger partial charge in [-0.1, -0.05) is 38.0 Å². The van der Waals surface area contributed by atoms with Crippen molar-refractivity contribution in [3.63, 3.8) is 0 Å². The van der Waals surface area contributed by atoms with Crippen molar-refractivity contribution in [2.45, 2.75) is 57.9 Å². The van der Waals surface area contributed by atoms with Gasteiger partial charge in [-0.15, -0.1) is 0 Å². The Kier molecular flexibility index (Phi) is 3.90. The average Bonchev–Trinajstić information content (AvgIpc) is 2.87. The number of benzene rings is 1. The minimum absolute atomic E-state index is 0.341. The molecule has 0 amide bonds. The van der Waals surface area contributed by atoms with Crippen LogP contribution < -0.4 is 11.3 Å². The lowest BCUT2D eigenvalue weighted by Crippen LogP contribution is -2.35. The standard InChI is InChI=1S/C17H26N2/c1-12-4-2-7-15(10-12)17(19-18)16-9-8-13-5-3-6-14(13)11-16/h8-9,11-12,15,17,19H,2-7,10,18H2,1H3. The van der Waals surface area contributed by atoms with Crippen molar-refractivity contribution in [2.75, 3.05) is 0 Å². The SMILES string of the molecule is CC1CCCC(C(NN)c2ccc3c(c2)CCC3)C1. The van der Waals surface area contributed by atoms with Crippen LogP contribution in [0, 0.1) is 11.8 Å². The molecule has 0 heterocycles. The number of aryl methyl sites for hydroxylation is 2. The first-order valence-electron chi connectivity index (χ1n) is 7.85. The summed E-state index contributed by atoms with van der Waals surface area (Å²) in [7, 11) is 0.